The standard InChI is InChI=1S/C17H24N2O3/c1-21-15-8-7-12(13-10-18-17(20)19-11-13)9-16(15)22-14-5-3-2-4-6-14/h7-9,13-14H,2-6,10-11H2,1H3,(H2,18,19,20). The Hall–Kier alpha value is -1.91. The van der Waals surface area contributed by atoms with Crippen LogP contribution in [0.1, 0.15) is 43.6 Å². The number of urea groups is 1. The van der Waals surface area contributed by atoms with Gasteiger partial charge in [-0.05, 0) is 43.4 Å². The molecule has 0 unspecified atom stereocenters. The van der Waals surface area contributed by atoms with Crippen LogP contribution in [-0.4, -0.2) is 32.3 Å². The Bertz CT molecular complexity index is 517. The predicted octanol–water partition coefficient (Wildman–Crippen LogP) is 2.80. The van der Waals surface area contributed by atoms with Gasteiger partial charge in [0.1, 0.15) is 0 Å². The van der Waals surface area contributed by atoms with Crippen LogP contribution in [0, 0.1) is 0 Å². The zero-order valence-corrected chi connectivity index (χ0v) is 13.1. The molecule has 0 spiro atoms. The molecular weight excluding hydrogens is 280 g/mol. The molecule has 22 heavy (non-hydrogen) atoms. The lowest BCUT2D eigenvalue weighted by Gasteiger charge is -2.27. The maximum atomic E-state index is 11.2. The number of ether oxygens (including phenoxy) is 2. The Morgan fingerprint density at radius 3 is 2.45 bits per heavy atom. The number of carbonyl (C=O) groups excluding carboxylic acids is 1. The van der Waals surface area contributed by atoms with Crippen LogP contribution < -0.4 is 20.1 Å². The van der Waals surface area contributed by atoms with Crippen LogP contribution in [0.25, 0.3) is 0 Å². The van der Waals surface area contributed by atoms with E-state index in [1.54, 1.807) is 7.11 Å². The summed E-state index contributed by atoms with van der Waals surface area (Å²) in [6.45, 7) is 1.31. The molecule has 120 valence electrons. The summed E-state index contributed by atoms with van der Waals surface area (Å²) in [4.78, 5) is 11.2. The average molecular weight is 304 g/mol. The van der Waals surface area contributed by atoms with Gasteiger partial charge in [0, 0.05) is 19.0 Å². The van der Waals surface area contributed by atoms with Crippen LogP contribution in [0.3, 0.4) is 0 Å². The van der Waals surface area contributed by atoms with Gasteiger partial charge in [-0.15, -0.1) is 0 Å². The minimum atomic E-state index is -0.0940. The zero-order chi connectivity index (χ0) is 15.4. The first-order chi connectivity index (χ1) is 10.8. The molecule has 2 aliphatic rings. The van der Waals surface area contributed by atoms with Crippen molar-refractivity contribution in [2.45, 2.75) is 44.1 Å². The van der Waals surface area contributed by atoms with Gasteiger partial charge in [0.05, 0.1) is 13.2 Å². The van der Waals surface area contributed by atoms with E-state index >= 15 is 0 Å². The van der Waals surface area contributed by atoms with Crippen molar-refractivity contribution in [3.05, 3.63) is 23.8 Å². The predicted molar refractivity (Wildman–Crippen MR) is 84.6 cm³/mol. The van der Waals surface area contributed by atoms with E-state index in [9.17, 15) is 4.79 Å². The molecule has 1 aromatic carbocycles. The first kappa shape index (κ1) is 15.0. The second-order valence-electron chi connectivity index (χ2n) is 6.08. The van der Waals surface area contributed by atoms with Crippen molar-refractivity contribution < 1.29 is 14.3 Å². The van der Waals surface area contributed by atoms with Crippen molar-refractivity contribution in [3.63, 3.8) is 0 Å². The van der Waals surface area contributed by atoms with Crippen molar-refractivity contribution in [2.24, 2.45) is 0 Å². The van der Waals surface area contributed by atoms with E-state index in [4.69, 9.17) is 9.47 Å². The SMILES string of the molecule is COc1ccc(C2CNC(=O)NC2)cc1OC1CCCCC1. The summed E-state index contributed by atoms with van der Waals surface area (Å²) in [5.74, 6) is 1.86. The van der Waals surface area contributed by atoms with E-state index in [1.165, 1.54) is 24.8 Å². The molecule has 1 saturated heterocycles. The smallest absolute Gasteiger partial charge is 0.314 e. The van der Waals surface area contributed by atoms with Gasteiger partial charge < -0.3 is 20.1 Å². The fourth-order valence-corrected chi connectivity index (χ4v) is 3.20. The van der Waals surface area contributed by atoms with Crippen molar-refractivity contribution in [2.75, 3.05) is 20.2 Å². The highest BCUT2D eigenvalue weighted by Crippen LogP contribution is 2.34. The molecule has 0 bridgehead atoms. The minimum Gasteiger partial charge on any atom is -0.493 e. The number of hydrogen-bond donors (Lipinski definition) is 2. The fraction of sp³-hybridized carbons (Fsp3) is 0.588. The van der Waals surface area contributed by atoms with Gasteiger partial charge in [-0.3, -0.25) is 0 Å². The van der Waals surface area contributed by atoms with Crippen LogP contribution >= 0.6 is 0 Å². The molecule has 5 nitrogen and oxygen atoms in total. The first-order valence-electron chi connectivity index (χ1n) is 8.12. The van der Waals surface area contributed by atoms with Crippen molar-refractivity contribution >= 4 is 6.03 Å². The third kappa shape index (κ3) is 3.46. The van der Waals surface area contributed by atoms with Crippen molar-refractivity contribution in [3.8, 4) is 11.5 Å². The lowest BCUT2D eigenvalue weighted by Crippen LogP contribution is -2.47. The summed E-state index contributed by atoms with van der Waals surface area (Å²) < 4.78 is 11.6. The normalized spacial score (nSPS) is 20.1. The topological polar surface area (TPSA) is 59.6 Å². The molecule has 3 rings (SSSR count). The summed E-state index contributed by atoms with van der Waals surface area (Å²) in [5, 5.41) is 5.68. The Kier molecular flexibility index (Phi) is 4.71. The molecule has 2 N–H and O–H groups in total. The van der Waals surface area contributed by atoms with Gasteiger partial charge in [-0.2, -0.15) is 0 Å². The lowest BCUT2D eigenvalue weighted by molar-refractivity contribution is 0.149. The number of nitrogens with one attached hydrogen (secondary N) is 2. The van der Waals surface area contributed by atoms with E-state index < -0.39 is 0 Å². The van der Waals surface area contributed by atoms with Gasteiger partial charge in [-0.25, -0.2) is 4.79 Å². The Labute approximate surface area is 131 Å². The largest absolute Gasteiger partial charge is 0.493 e. The van der Waals surface area contributed by atoms with E-state index in [2.05, 4.69) is 22.8 Å². The molecule has 0 radical (unpaired) electrons. The van der Waals surface area contributed by atoms with E-state index in [-0.39, 0.29) is 11.9 Å². The summed E-state index contributed by atoms with van der Waals surface area (Å²) >= 11 is 0. The molecule has 5 heteroatoms. The monoisotopic (exact) mass is 304 g/mol. The Balaban J connectivity index is 1.75. The van der Waals surface area contributed by atoms with Crippen LogP contribution in [-0.2, 0) is 0 Å². The molecule has 1 heterocycles. The average Bonchev–Trinajstić information content (AvgIpc) is 2.56. The summed E-state index contributed by atoms with van der Waals surface area (Å²) in [5.41, 5.74) is 1.17. The van der Waals surface area contributed by atoms with Gasteiger partial charge in [0.15, 0.2) is 11.5 Å². The van der Waals surface area contributed by atoms with Gasteiger partial charge in [0.25, 0.3) is 0 Å². The molecule has 1 saturated carbocycles. The molecular formula is C17H24N2O3. The van der Waals surface area contributed by atoms with Crippen molar-refractivity contribution in [1.29, 1.82) is 0 Å². The van der Waals surface area contributed by atoms with Gasteiger partial charge in [-0.1, -0.05) is 12.5 Å². The van der Waals surface area contributed by atoms with E-state index in [0.29, 0.717) is 19.2 Å². The van der Waals surface area contributed by atoms with Crippen LogP contribution in [0.15, 0.2) is 18.2 Å². The van der Waals surface area contributed by atoms with Gasteiger partial charge >= 0.3 is 6.03 Å². The molecule has 1 aromatic rings. The number of benzene rings is 1. The summed E-state index contributed by atoms with van der Waals surface area (Å²) in [6, 6.07) is 5.99. The molecule has 1 aliphatic heterocycles. The second kappa shape index (κ2) is 6.90. The quantitative estimate of drug-likeness (QED) is 0.899. The minimum absolute atomic E-state index is 0.0940. The van der Waals surface area contributed by atoms with E-state index in [0.717, 1.165) is 24.3 Å². The molecule has 2 fully saturated rings. The van der Waals surface area contributed by atoms with Crippen LogP contribution in [0.4, 0.5) is 4.79 Å². The molecule has 0 aromatic heterocycles. The Morgan fingerprint density at radius 2 is 1.77 bits per heavy atom. The highest BCUT2D eigenvalue weighted by molar-refractivity contribution is 5.75. The summed E-state index contributed by atoms with van der Waals surface area (Å²) in [7, 11) is 1.67. The summed E-state index contributed by atoms with van der Waals surface area (Å²) in [6.07, 6.45) is 6.33. The Morgan fingerprint density at radius 1 is 1.05 bits per heavy atom. The first-order valence-corrected chi connectivity index (χ1v) is 8.12. The number of amides is 2. The maximum Gasteiger partial charge on any atom is 0.314 e. The van der Waals surface area contributed by atoms with Crippen LogP contribution in [0.5, 0.6) is 11.5 Å². The number of rotatable bonds is 4. The molecule has 2 amide bonds. The number of hydrogen-bond acceptors (Lipinski definition) is 3. The molecule has 0 atom stereocenters. The third-order valence-corrected chi connectivity index (χ3v) is 4.52. The van der Waals surface area contributed by atoms with Gasteiger partial charge in [0.2, 0.25) is 0 Å². The maximum absolute atomic E-state index is 11.2. The van der Waals surface area contributed by atoms with Crippen molar-refractivity contribution in [1.82, 2.24) is 10.6 Å². The fourth-order valence-electron chi connectivity index (χ4n) is 3.20. The lowest BCUT2D eigenvalue weighted by atomic mass is 9.96. The third-order valence-electron chi connectivity index (χ3n) is 4.52. The highest BCUT2D eigenvalue weighted by atomic mass is 16.5. The van der Waals surface area contributed by atoms with E-state index in [1.807, 2.05) is 6.07 Å². The number of carbonyl (C=O) groups is 1. The zero-order valence-electron chi connectivity index (χ0n) is 13.1. The highest BCUT2D eigenvalue weighted by Gasteiger charge is 2.22. The molecule has 1 aliphatic carbocycles. The number of methoxy groups -OCH3 is 1. The second-order valence-corrected chi connectivity index (χ2v) is 6.08. The van der Waals surface area contributed by atoms with Crippen LogP contribution in [0.2, 0.25) is 0 Å².